The van der Waals surface area contributed by atoms with E-state index in [0.717, 1.165) is 19.3 Å². The molecule has 0 aromatic heterocycles. The number of ether oxygens (including phenoxy) is 1. The Morgan fingerprint density at radius 3 is 2.76 bits per heavy atom. The molecule has 0 aromatic carbocycles. The van der Waals surface area contributed by atoms with Gasteiger partial charge in [-0.2, -0.15) is 0 Å². The van der Waals surface area contributed by atoms with Gasteiger partial charge in [0.15, 0.2) is 0 Å². The van der Waals surface area contributed by atoms with Crippen molar-refractivity contribution in [2.24, 2.45) is 5.92 Å². The highest BCUT2D eigenvalue weighted by molar-refractivity contribution is 5.71. The van der Waals surface area contributed by atoms with Crippen LogP contribution in [0.3, 0.4) is 0 Å². The highest BCUT2D eigenvalue weighted by Gasteiger charge is 2.44. The third-order valence-corrected chi connectivity index (χ3v) is 3.72. The van der Waals surface area contributed by atoms with E-state index in [1.54, 1.807) is 0 Å². The number of carboxylic acid groups (broad SMARTS) is 1. The lowest BCUT2D eigenvalue weighted by Crippen LogP contribution is -2.49. The molecular formula is C13H24O4. The van der Waals surface area contributed by atoms with Crippen molar-refractivity contribution in [3.05, 3.63) is 0 Å². The van der Waals surface area contributed by atoms with Gasteiger partial charge in [0.25, 0.3) is 0 Å². The standard InChI is InChI=1S/C13H24O4/c1-3-5-6-11(12(14)15)13(16)7-8-17-10(4-2)9-13/h10-11,16H,3-9H2,1-2H3,(H,14,15). The molecule has 0 amide bonds. The smallest absolute Gasteiger partial charge is 0.309 e. The third kappa shape index (κ3) is 3.68. The van der Waals surface area contributed by atoms with Gasteiger partial charge in [-0.3, -0.25) is 4.79 Å². The number of hydrogen-bond acceptors (Lipinski definition) is 3. The van der Waals surface area contributed by atoms with Gasteiger partial charge < -0.3 is 14.9 Å². The molecule has 1 saturated heterocycles. The van der Waals surface area contributed by atoms with Crippen molar-refractivity contribution in [3.8, 4) is 0 Å². The molecule has 0 spiro atoms. The van der Waals surface area contributed by atoms with Crippen LogP contribution in [0.4, 0.5) is 0 Å². The normalized spacial score (nSPS) is 31.1. The maximum atomic E-state index is 11.3. The first-order chi connectivity index (χ1) is 8.03. The van der Waals surface area contributed by atoms with Crippen LogP contribution in [0.5, 0.6) is 0 Å². The van der Waals surface area contributed by atoms with Crippen LogP contribution in [0, 0.1) is 5.92 Å². The fourth-order valence-electron chi connectivity index (χ4n) is 2.57. The molecule has 1 aliphatic rings. The van der Waals surface area contributed by atoms with Gasteiger partial charge >= 0.3 is 5.97 Å². The summed E-state index contributed by atoms with van der Waals surface area (Å²) >= 11 is 0. The molecule has 0 saturated carbocycles. The molecule has 0 radical (unpaired) electrons. The number of carboxylic acids is 1. The largest absolute Gasteiger partial charge is 0.481 e. The SMILES string of the molecule is CCCCC(C(=O)O)C1(O)CCOC(CC)C1. The number of aliphatic hydroxyl groups is 1. The number of carbonyl (C=O) groups is 1. The van der Waals surface area contributed by atoms with E-state index in [9.17, 15) is 15.0 Å². The van der Waals surface area contributed by atoms with E-state index in [4.69, 9.17) is 4.74 Å². The zero-order valence-corrected chi connectivity index (χ0v) is 10.8. The minimum Gasteiger partial charge on any atom is -0.481 e. The highest BCUT2D eigenvalue weighted by atomic mass is 16.5. The summed E-state index contributed by atoms with van der Waals surface area (Å²) in [4.78, 5) is 11.3. The van der Waals surface area contributed by atoms with Gasteiger partial charge in [0.1, 0.15) is 0 Å². The summed E-state index contributed by atoms with van der Waals surface area (Å²) in [6.45, 7) is 4.49. The van der Waals surface area contributed by atoms with E-state index in [1.807, 2.05) is 13.8 Å². The lowest BCUT2D eigenvalue weighted by molar-refractivity contribution is -0.168. The van der Waals surface area contributed by atoms with Gasteiger partial charge in [-0.05, 0) is 12.8 Å². The predicted octanol–water partition coefficient (Wildman–Crippen LogP) is 2.20. The van der Waals surface area contributed by atoms with Crippen molar-refractivity contribution in [1.29, 1.82) is 0 Å². The van der Waals surface area contributed by atoms with E-state index in [-0.39, 0.29) is 6.10 Å². The Kier molecular flexibility index (Phi) is 5.40. The predicted molar refractivity (Wildman–Crippen MR) is 64.9 cm³/mol. The van der Waals surface area contributed by atoms with Gasteiger partial charge in [0.2, 0.25) is 0 Å². The Morgan fingerprint density at radius 2 is 2.24 bits per heavy atom. The van der Waals surface area contributed by atoms with Crippen molar-refractivity contribution in [2.75, 3.05) is 6.61 Å². The number of aliphatic carboxylic acids is 1. The molecule has 100 valence electrons. The number of hydrogen-bond donors (Lipinski definition) is 2. The molecule has 0 aliphatic carbocycles. The van der Waals surface area contributed by atoms with E-state index >= 15 is 0 Å². The zero-order valence-electron chi connectivity index (χ0n) is 10.8. The first-order valence-corrected chi connectivity index (χ1v) is 6.60. The second-order valence-corrected chi connectivity index (χ2v) is 4.99. The molecule has 2 N–H and O–H groups in total. The van der Waals surface area contributed by atoms with Crippen molar-refractivity contribution in [3.63, 3.8) is 0 Å². The Balaban J connectivity index is 2.72. The van der Waals surface area contributed by atoms with Crippen LogP contribution in [-0.2, 0) is 9.53 Å². The second kappa shape index (κ2) is 6.36. The molecule has 1 fully saturated rings. The molecule has 0 aromatic rings. The highest BCUT2D eigenvalue weighted by Crippen LogP contribution is 2.35. The van der Waals surface area contributed by atoms with Gasteiger partial charge in [0.05, 0.1) is 17.6 Å². The summed E-state index contributed by atoms with van der Waals surface area (Å²) in [5, 5.41) is 19.8. The third-order valence-electron chi connectivity index (χ3n) is 3.72. The van der Waals surface area contributed by atoms with E-state index in [0.29, 0.717) is 25.9 Å². The fraction of sp³-hybridized carbons (Fsp3) is 0.923. The average molecular weight is 244 g/mol. The Bertz CT molecular complexity index is 254. The van der Waals surface area contributed by atoms with E-state index in [1.165, 1.54) is 0 Å². The molecule has 1 heterocycles. The second-order valence-electron chi connectivity index (χ2n) is 4.99. The molecule has 17 heavy (non-hydrogen) atoms. The van der Waals surface area contributed by atoms with Crippen molar-refractivity contribution < 1.29 is 19.7 Å². The van der Waals surface area contributed by atoms with Crippen molar-refractivity contribution in [1.82, 2.24) is 0 Å². The summed E-state index contributed by atoms with van der Waals surface area (Å²) < 4.78 is 5.50. The first-order valence-electron chi connectivity index (χ1n) is 6.60. The topological polar surface area (TPSA) is 66.8 Å². The summed E-state index contributed by atoms with van der Waals surface area (Å²) in [7, 11) is 0. The Morgan fingerprint density at radius 1 is 1.53 bits per heavy atom. The fourth-order valence-corrected chi connectivity index (χ4v) is 2.57. The molecule has 3 unspecified atom stereocenters. The van der Waals surface area contributed by atoms with Crippen LogP contribution in [0.1, 0.15) is 52.4 Å². The zero-order chi connectivity index (χ0) is 12.9. The van der Waals surface area contributed by atoms with Crippen LogP contribution in [0.2, 0.25) is 0 Å². The first kappa shape index (κ1) is 14.5. The van der Waals surface area contributed by atoms with E-state index in [2.05, 4.69) is 0 Å². The summed E-state index contributed by atoms with van der Waals surface area (Å²) in [6.07, 6.45) is 4.05. The lowest BCUT2D eigenvalue weighted by atomic mass is 9.76. The van der Waals surface area contributed by atoms with E-state index < -0.39 is 17.5 Å². The summed E-state index contributed by atoms with van der Waals surface area (Å²) in [5.74, 6) is -1.53. The van der Waals surface area contributed by atoms with Gasteiger partial charge in [-0.25, -0.2) is 0 Å². The molecule has 3 atom stereocenters. The minimum absolute atomic E-state index is 0.00257. The molecule has 4 nitrogen and oxygen atoms in total. The molecule has 4 heteroatoms. The van der Waals surface area contributed by atoms with Crippen molar-refractivity contribution >= 4 is 5.97 Å². The molecular weight excluding hydrogens is 220 g/mol. The van der Waals surface area contributed by atoms with Crippen LogP contribution < -0.4 is 0 Å². The lowest BCUT2D eigenvalue weighted by Gasteiger charge is -2.40. The Labute approximate surface area is 103 Å². The Hall–Kier alpha value is -0.610. The summed E-state index contributed by atoms with van der Waals surface area (Å²) in [6, 6.07) is 0. The van der Waals surface area contributed by atoms with Gasteiger partial charge in [-0.15, -0.1) is 0 Å². The summed E-state index contributed by atoms with van der Waals surface area (Å²) in [5.41, 5.74) is -1.08. The van der Waals surface area contributed by atoms with Crippen LogP contribution in [-0.4, -0.2) is 34.5 Å². The quantitative estimate of drug-likeness (QED) is 0.751. The molecule has 1 rings (SSSR count). The number of rotatable bonds is 6. The van der Waals surface area contributed by atoms with Crippen LogP contribution >= 0.6 is 0 Å². The van der Waals surface area contributed by atoms with Crippen molar-refractivity contribution in [2.45, 2.75) is 64.1 Å². The van der Waals surface area contributed by atoms with Gasteiger partial charge in [-0.1, -0.05) is 26.7 Å². The van der Waals surface area contributed by atoms with Crippen LogP contribution in [0.25, 0.3) is 0 Å². The number of unbranched alkanes of at least 4 members (excludes halogenated alkanes) is 1. The monoisotopic (exact) mass is 244 g/mol. The maximum absolute atomic E-state index is 11.3. The minimum atomic E-state index is -1.08. The average Bonchev–Trinajstić information content (AvgIpc) is 2.28. The maximum Gasteiger partial charge on any atom is 0.309 e. The van der Waals surface area contributed by atoms with Gasteiger partial charge in [0, 0.05) is 19.4 Å². The van der Waals surface area contributed by atoms with Crippen LogP contribution in [0.15, 0.2) is 0 Å². The molecule has 0 bridgehead atoms. The molecule has 1 aliphatic heterocycles.